The van der Waals surface area contributed by atoms with E-state index in [9.17, 15) is 9.18 Å². The molecule has 0 saturated heterocycles. The van der Waals surface area contributed by atoms with Crippen molar-refractivity contribution in [1.29, 1.82) is 0 Å². The number of nitrogens with zero attached hydrogens (tertiary/aromatic N) is 2. The number of carbonyl (C=O) groups excluding carboxylic acids is 1. The molecule has 0 radical (unpaired) electrons. The molecular formula is C16H18FN3O. The number of halogens is 1. The highest BCUT2D eigenvalue weighted by molar-refractivity contribution is 5.93. The third-order valence-electron chi connectivity index (χ3n) is 3.05. The van der Waals surface area contributed by atoms with Crippen molar-refractivity contribution in [3.05, 3.63) is 59.5 Å². The van der Waals surface area contributed by atoms with Gasteiger partial charge in [-0.1, -0.05) is 12.1 Å². The molecule has 0 aliphatic carbocycles. The summed E-state index contributed by atoms with van der Waals surface area (Å²) < 4.78 is 13.2. The van der Waals surface area contributed by atoms with Crippen LogP contribution in [0.4, 0.5) is 10.2 Å². The lowest BCUT2D eigenvalue weighted by Crippen LogP contribution is -2.23. The zero-order chi connectivity index (χ0) is 15.2. The lowest BCUT2D eigenvalue weighted by Gasteiger charge is -2.18. The Balaban J connectivity index is 2.06. The fourth-order valence-electron chi connectivity index (χ4n) is 2.00. The Morgan fingerprint density at radius 2 is 2.14 bits per heavy atom. The molecular weight excluding hydrogens is 269 g/mol. The van der Waals surface area contributed by atoms with Gasteiger partial charge in [-0.2, -0.15) is 0 Å². The Morgan fingerprint density at radius 3 is 2.76 bits per heavy atom. The third kappa shape index (κ3) is 4.02. The smallest absolute Gasteiger partial charge is 0.252 e. The van der Waals surface area contributed by atoms with Gasteiger partial charge in [0.2, 0.25) is 0 Å². The van der Waals surface area contributed by atoms with Crippen LogP contribution in [0.3, 0.4) is 0 Å². The van der Waals surface area contributed by atoms with Gasteiger partial charge in [-0.05, 0) is 36.8 Å². The summed E-state index contributed by atoms with van der Waals surface area (Å²) >= 11 is 0. The molecule has 1 amide bonds. The molecule has 0 saturated carbocycles. The second kappa shape index (κ2) is 6.83. The van der Waals surface area contributed by atoms with Gasteiger partial charge >= 0.3 is 0 Å². The molecule has 1 aromatic carbocycles. The van der Waals surface area contributed by atoms with Crippen molar-refractivity contribution in [2.45, 2.75) is 13.5 Å². The zero-order valence-electron chi connectivity index (χ0n) is 12.1. The van der Waals surface area contributed by atoms with Crippen LogP contribution in [-0.2, 0) is 6.54 Å². The van der Waals surface area contributed by atoms with E-state index in [1.165, 1.54) is 12.1 Å². The first-order valence-corrected chi connectivity index (χ1v) is 6.80. The molecule has 21 heavy (non-hydrogen) atoms. The maximum atomic E-state index is 13.2. The largest absolute Gasteiger partial charge is 0.355 e. The Kier molecular flexibility index (Phi) is 4.87. The molecule has 1 heterocycles. The zero-order valence-corrected chi connectivity index (χ0v) is 12.1. The molecule has 0 aliphatic rings. The van der Waals surface area contributed by atoms with E-state index in [4.69, 9.17) is 0 Å². The van der Waals surface area contributed by atoms with E-state index in [-0.39, 0.29) is 11.7 Å². The summed E-state index contributed by atoms with van der Waals surface area (Å²) in [6.07, 6.45) is 1.54. The molecule has 2 aromatic rings. The van der Waals surface area contributed by atoms with E-state index in [2.05, 4.69) is 10.3 Å². The number of pyridine rings is 1. The lowest BCUT2D eigenvalue weighted by molar-refractivity contribution is 0.0955. The van der Waals surface area contributed by atoms with Crippen molar-refractivity contribution in [2.24, 2.45) is 0 Å². The summed E-state index contributed by atoms with van der Waals surface area (Å²) in [7, 11) is 1.87. The molecule has 110 valence electrons. The van der Waals surface area contributed by atoms with Crippen LogP contribution in [0.1, 0.15) is 22.8 Å². The van der Waals surface area contributed by atoms with Gasteiger partial charge < -0.3 is 10.2 Å². The lowest BCUT2D eigenvalue weighted by atomic mass is 10.2. The van der Waals surface area contributed by atoms with Gasteiger partial charge in [-0.15, -0.1) is 0 Å². The normalized spacial score (nSPS) is 10.2. The van der Waals surface area contributed by atoms with Crippen molar-refractivity contribution < 1.29 is 9.18 Å². The van der Waals surface area contributed by atoms with E-state index in [0.29, 0.717) is 18.7 Å². The third-order valence-corrected chi connectivity index (χ3v) is 3.05. The number of rotatable bonds is 5. The maximum absolute atomic E-state index is 13.2. The Labute approximate surface area is 123 Å². The number of aromatic nitrogens is 1. The first-order chi connectivity index (χ1) is 10.1. The van der Waals surface area contributed by atoms with E-state index < -0.39 is 0 Å². The number of hydrogen-bond donors (Lipinski definition) is 1. The highest BCUT2D eigenvalue weighted by Gasteiger charge is 2.07. The van der Waals surface area contributed by atoms with E-state index in [1.807, 2.05) is 24.9 Å². The van der Waals surface area contributed by atoms with Crippen LogP contribution in [0, 0.1) is 5.82 Å². The predicted molar refractivity (Wildman–Crippen MR) is 80.8 cm³/mol. The average Bonchev–Trinajstić information content (AvgIpc) is 2.47. The highest BCUT2D eigenvalue weighted by atomic mass is 19.1. The van der Waals surface area contributed by atoms with Gasteiger partial charge in [0.15, 0.2) is 0 Å². The monoisotopic (exact) mass is 287 g/mol. The highest BCUT2D eigenvalue weighted by Crippen LogP contribution is 2.14. The molecule has 0 atom stereocenters. The van der Waals surface area contributed by atoms with Gasteiger partial charge in [0, 0.05) is 26.3 Å². The molecule has 0 fully saturated rings. The molecule has 0 unspecified atom stereocenters. The topological polar surface area (TPSA) is 45.2 Å². The summed E-state index contributed by atoms with van der Waals surface area (Å²) in [4.78, 5) is 17.8. The maximum Gasteiger partial charge on any atom is 0.252 e. The minimum Gasteiger partial charge on any atom is -0.355 e. The van der Waals surface area contributed by atoms with E-state index >= 15 is 0 Å². The first kappa shape index (κ1) is 15.0. The van der Waals surface area contributed by atoms with Gasteiger partial charge in [-0.3, -0.25) is 4.79 Å². The van der Waals surface area contributed by atoms with Gasteiger partial charge in [-0.25, -0.2) is 9.37 Å². The summed E-state index contributed by atoms with van der Waals surface area (Å²) in [6.45, 7) is 3.00. The number of nitrogens with one attached hydrogen (secondary N) is 1. The Bertz CT molecular complexity index is 613. The van der Waals surface area contributed by atoms with Crippen molar-refractivity contribution in [3.8, 4) is 0 Å². The van der Waals surface area contributed by atoms with Crippen LogP contribution >= 0.6 is 0 Å². The van der Waals surface area contributed by atoms with Crippen molar-refractivity contribution in [2.75, 3.05) is 18.5 Å². The summed E-state index contributed by atoms with van der Waals surface area (Å²) in [5, 5.41) is 2.72. The number of benzene rings is 1. The molecule has 1 N–H and O–H groups in total. The number of hydrogen-bond acceptors (Lipinski definition) is 3. The second-order valence-electron chi connectivity index (χ2n) is 4.75. The number of amides is 1. The minimum atomic E-state index is -0.250. The summed E-state index contributed by atoms with van der Waals surface area (Å²) in [5.74, 6) is 0.345. The predicted octanol–water partition coefficient (Wildman–Crippen LogP) is 2.61. The molecule has 0 spiro atoms. The van der Waals surface area contributed by atoms with E-state index in [0.717, 1.165) is 11.4 Å². The van der Waals surface area contributed by atoms with Crippen molar-refractivity contribution in [1.82, 2.24) is 10.3 Å². The molecule has 0 aliphatic heterocycles. The van der Waals surface area contributed by atoms with Crippen molar-refractivity contribution in [3.63, 3.8) is 0 Å². The Hall–Kier alpha value is -2.43. The summed E-state index contributed by atoms with van der Waals surface area (Å²) in [5.41, 5.74) is 1.40. The average molecular weight is 287 g/mol. The number of anilines is 1. The fraction of sp³-hybridized carbons (Fsp3) is 0.250. The van der Waals surface area contributed by atoms with Crippen LogP contribution in [-0.4, -0.2) is 24.5 Å². The van der Waals surface area contributed by atoms with Gasteiger partial charge in [0.25, 0.3) is 5.91 Å². The number of carbonyl (C=O) groups is 1. The fourth-order valence-corrected chi connectivity index (χ4v) is 2.00. The van der Waals surface area contributed by atoms with Crippen LogP contribution in [0.15, 0.2) is 42.6 Å². The SMILES string of the molecule is CCNC(=O)c1ccc(N(C)Cc2cccc(F)c2)nc1. The first-order valence-electron chi connectivity index (χ1n) is 6.80. The molecule has 5 heteroatoms. The minimum absolute atomic E-state index is 0.135. The van der Waals surface area contributed by atoms with Crippen LogP contribution < -0.4 is 10.2 Å². The molecule has 1 aromatic heterocycles. The van der Waals surface area contributed by atoms with Gasteiger partial charge in [0.05, 0.1) is 5.56 Å². The van der Waals surface area contributed by atoms with Crippen LogP contribution in [0.5, 0.6) is 0 Å². The quantitative estimate of drug-likeness (QED) is 0.919. The van der Waals surface area contributed by atoms with E-state index in [1.54, 1.807) is 24.4 Å². The Morgan fingerprint density at radius 1 is 1.33 bits per heavy atom. The van der Waals surface area contributed by atoms with Crippen LogP contribution in [0.2, 0.25) is 0 Å². The van der Waals surface area contributed by atoms with Gasteiger partial charge in [0.1, 0.15) is 11.6 Å². The molecule has 4 nitrogen and oxygen atoms in total. The summed E-state index contributed by atoms with van der Waals surface area (Å²) in [6, 6.07) is 9.98. The molecule has 0 bridgehead atoms. The standard InChI is InChI=1S/C16H18FN3O/c1-3-18-16(21)13-7-8-15(19-10-13)20(2)11-12-5-4-6-14(17)9-12/h4-10H,3,11H2,1-2H3,(H,18,21). The van der Waals surface area contributed by atoms with Crippen molar-refractivity contribution >= 4 is 11.7 Å². The molecule has 2 rings (SSSR count). The second-order valence-corrected chi connectivity index (χ2v) is 4.75. The van der Waals surface area contributed by atoms with Crippen LogP contribution in [0.25, 0.3) is 0 Å².